The molecule has 0 aromatic rings. The van der Waals surface area contributed by atoms with E-state index in [9.17, 15) is 0 Å². The highest BCUT2D eigenvalue weighted by molar-refractivity contribution is 4.81. The van der Waals surface area contributed by atoms with Gasteiger partial charge in [0.05, 0.1) is 0 Å². The Morgan fingerprint density at radius 2 is 0.792 bits per heavy atom. The van der Waals surface area contributed by atoms with Gasteiger partial charge in [-0.15, -0.1) is 6.58 Å². The summed E-state index contributed by atoms with van der Waals surface area (Å²) < 4.78 is 0. The monoisotopic (exact) mass is 334 g/mol. The zero-order valence-corrected chi connectivity index (χ0v) is 16.9. The summed E-state index contributed by atoms with van der Waals surface area (Å²) in [6, 6.07) is 0. The van der Waals surface area contributed by atoms with Crippen LogP contribution in [0.1, 0.15) is 129 Å². The average Bonchev–Trinajstić information content (AvgIpc) is 2.60. The Kier molecular flexibility index (Phi) is 22.0. The standard InChI is InChI=1S/C24H46/c1-3-5-7-9-11-13-15-17-19-21-23-24-22-20-18-16-14-12-10-8-6-4-2/h3,19,21H,1,4-18,20,22-24H2,2H3. The Hall–Kier alpha value is -0.520. The lowest BCUT2D eigenvalue weighted by molar-refractivity contribution is 0.550. The molecule has 0 unspecified atom stereocenters. The highest BCUT2D eigenvalue weighted by Crippen LogP contribution is 2.12. The lowest BCUT2D eigenvalue weighted by Crippen LogP contribution is -1.82. The molecule has 24 heavy (non-hydrogen) atoms. The van der Waals surface area contributed by atoms with E-state index in [1.54, 1.807) is 0 Å². The van der Waals surface area contributed by atoms with E-state index in [2.05, 4.69) is 25.7 Å². The minimum absolute atomic E-state index is 1.19. The number of rotatable bonds is 20. The van der Waals surface area contributed by atoms with Crippen LogP contribution < -0.4 is 0 Å². The molecule has 142 valence electrons. The molecule has 0 heterocycles. The minimum atomic E-state index is 1.19. The predicted octanol–water partition coefficient (Wildman–Crippen LogP) is 9.16. The first-order valence-corrected chi connectivity index (χ1v) is 11.2. The molecule has 0 radical (unpaired) electrons. The average molecular weight is 335 g/mol. The quantitative estimate of drug-likeness (QED) is 0.154. The van der Waals surface area contributed by atoms with Gasteiger partial charge >= 0.3 is 0 Å². The zero-order valence-electron chi connectivity index (χ0n) is 16.9. The molecule has 0 atom stereocenters. The van der Waals surface area contributed by atoms with Gasteiger partial charge in [-0.2, -0.15) is 0 Å². The largest absolute Gasteiger partial charge is 0.103 e. The summed E-state index contributed by atoms with van der Waals surface area (Å²) in [6.45, 7) is 6.06. The molecular weight excluding hydrogens is 288 g/mol. The fourth-order valence-corrected chi connectivity index (χ4v) is 3.24. The van der Waals surface area contributed by atoms with Crippen LogP contribution in [0, 0.1) is 0 Å². The van der Waals surface area contributed by atoms with Crippen molar-refractivity contribution in [3.05, 3.63) is 24.8 Å². The van der Waals surface area contributed by atoms with Crippen molar-refractivity contribution >= 4 is 0 Å². The van der Waals surface area contributed by atoms with Gasteiger partial charge in [0.1, 0.15) is 0 Å². The summed E-state index contributed by atoms with van der Waals surface area (Å²) in [5, 5.41) is 0. The zero-order chi connectivity index (χ0) is 17.6. The Morgan fingerprint density at radius 3 is 1.17 bits per heavy atom. The van der Waals surface area contributed by atoms with Crippen LogP contribution >= 0.6 is 0 Å². The van der Waals surface area contributed by atoms with Crippen LogP contribution in [0.2, 0.25) is 0 Å². The highest BCUT2D eigenvalue weighted by Gasteiger charge is 1.92. The molecule has 0 saturated carbocycles. The van der Waals surface area contributed by atoms with E-state index < -0.39 is 0 Å². The van der Waals surface area contributed by atoms with Crippen molar-refractivity contribution in [1.29, 1.82) is 0 Å². The summed E-state index contributed by atoms with van der Waals surface area (Å²) in [6.07, 6.45) is 33.4. The van der Waals surface area contributed by atoms with Gasteiger partial charge in [0.15, 0.2) is 0 Å². The van der Waals surface area contributed by atoms with Crippen LogP contribution in [0.15, 0.2) is 24.8 Å². The molecular formula is C24H46. The second kappa shape index (κ2) is 22.5. The maximum Gasteiger partial charge on any atom is -0.0351 e. The van der Waals surface area contributed by atoms with Crippen LogP contribution in [0.5, 0.6) is 0 Å². The normalized spacial score (nSPS) is 11.4. The molecule has 0 heteroatoms. The lowest BCUT2D eigenvalue weighted by atomic mass is 10.0. The molecule has 0 aliphatic heterocycles. The molecule has 0 amide bonds. The smallest absolute Gasteiger partial charge is 0.0351 e. The number of allylic oxidation sites excluding steroid dienone is 3. The highest BCUT2D eigenvalue weighted by atomic mass is 14.0. The van der Waals surface area contributed by atoms with Crippen molar-refractivity contribution in [2.75, 3.05) is 0 Å². The first-order valence-electron chi connectivity index (χ1n) is 11.2. The SMILES string of the molecule is C=CCCCCCCCC=CCCCCCCCCCCCCC. The molecule has 0 aliphatic carbocycles. The first kappa shape index (κ1) is 23.5. The third-order valence-corrected chi connectivity index (χ3v) is 4.92. The van der Waals surface area contributed by atoms with Crippen molar-refractivity contribution in [3.63, 3.8) is 0 Å². The van der Waals surface area contributed by atoms with E-state index in [1.165, 1.54) is 122 Å². The van der Waals surface area contributed by atoms with Gasteiger partial charge in [-0.1, -0.05) is 109 Å². The van der Waals surface area contributed by atoms with Crippen LogP contribution in [-0.4, -0.2) is 0 Å². The van der Waals surface area contributed by atoms with Crippen molar-refractivity contribution in [3.8, 4) is 0 Å². The molecule has 0 saturated heterocycles. The molecule has 0 bridgehead atoms. The van der Waals surface area contributed by atoms with Gasteiger partial charge in [0.2, 0.25) is 0 Å². The molecule has 0 aromatic carbocycles. The Labute approximate surface area is 154 Å². The van der Waals surface area contributed by atoms with E-state index in [1.807, 2.05) is 6.08 Å². The van der Waals surface area contributed by atoms with Gasteiger partial charge < -0.3 is 0 Å². The summed E-state index contributed by atoms with van der Waals surface area (Å²) in [7, 11) is 0. The molecule has 0 aliphatic rings. The van der Waals surface area contributed by atoms with E-state index >= 15 is 0 Å². The molecule has 0 spiro atoms. The van der Waals surface area contributed by atoms with Crippen molar-refractivity contribution < 1.29 is 0 Å². The second-order valence-electron chi connectivity index (χ2n) is 7.43. The maximum absolute atomic E-state index is 3.77. The first-order chi connectivity index (χ1) is 11.9. The van der Waals surface area contributed by atoms with Crippen molar-refractivity contribution in [1.82, 2.24) is 0 Å². The Bertz CT molecular complexity index is 251. The van der Waals surface area contributed by atoms with Crippen LogP contribution in [0.4, 0.5) is 0 Å². The van der Waals surface area contributed by atoms with Crippen LogP contribution in [-0.2, 0) is 0 Å². The number of unbranched alkanes of at least 4 members (excludes halogenated alkanes) is 17. The topological polar surface area (TPSA) is 0 Å². The van der Waals surface area contributed by atoms with Crippen LogP contribution in [0.25, 0.3) is 0 Å². The predicted molar refractivity (Wildman–Crippen MR) is 113 cm³/mol. The van der Waals surface area contributed by atoms with Gasteiger partial charge in [-0.3, -0.25) is 0 Å². The van der Waals surface area contributed by atoms with E-state index in [0.717, 1.165) is 0 Å². The lowest BCUT2D eigenvalue weighted by Gasteiger charge is -2.01. The molecule has 0 nitrogen and oxygen atoms in total. The minimum Gasteiger partial charge on any atom is -0.103 e. The molecule has 0 fully saturated rings. The summed E-state index contributed by atoms with van der Waals surface area (Å²) in [5.74, 6) is 0. The number of hydrogen-bond acceptors (Lipinski definition) is 0. The van der Waals surface area contributed by atoms with Crippen molar-refractivity contribution in [2.45, 2.75) is 129 Å². The fraction of sp³-hybridized carbons (Fsp3) is 0.833. The third-order valence-electron chi connectivity index (χ3n) is 4.92. The van der Waals surface area contributed by atoms with Crippen molar-refractivity contribution in [2.24, 2.45) is 0 Å². The third kappa shape index (κ3) is 21.5. The summed E-state index contributed by atoms with van der Waals surface area (Å²) in [4.78, 5) is 0. The second-order valence-corrected chi connectivity index (χ2v) is 7.43. The van der Waals surface area contributed by atoms with Crippen LogP contribution in [0.3, 0.4) is 0 Å². The molecule has 0 rings (SSSR count). The molecule has 0 aromatic heterocycles. The summed E-state index contributed by atoms with van der Waals surface area (Å²) >= 11 is 0. The van der Waals surface area contributed by atoms with Gasteiger partial charge in [0, 0.05) is 0 Å². The Morgan fingerprint density at radius 1 is 0.458 bits per heavy atom. The van der Waals surface area contributed by atoms with E-state index in [-0.39, 0.29) is 0 Å². The fourth-order valence-electron chi connectivity index (χ4n) is 3.24. The van der Waals surface area contributed by atoms with Gasteiger partial charge in [-0.25, -0.2) is 0 Å². The van der Waals surface area contributed by atoms with Gasteiger partial charge in [-0.05, 0) is 38.5 Å². The maximum atomic E-state index is 3.77. The van der Waals surface area contributed by atoms with E-state index in [4.69, 9.17) is 0 Å². The van der Waals surface area contributed by atoms with Gasteiger partial charge in [0.25, 0.3) is 0 Å². The summed E-state index contributed by atoms with van der Waals surface area (Å²) in [5.41, 5.74) is 0. The van der Waals surface area contributed by atoms with E-state index in [0.29, 0.717) is 0 Å². The molecule has 0 N–H and O–H groups in total. The number of hydrogen-bond donors (Lipinski definition) is 0. The Balaban J connectivity index is 3.04.